The number of nitrogens with zero attached hydrogens (tertiary/aromatic N) is 2. The summed E-state index contributed by atoms with van der Waals surface area (Å²) in [5.74, 6) is -0.456. The number of carbonyl (C=O) groups is 1. The first-order valence-electron chi connectivity index (χ1n) is 6.87. The normalized spacial score (nSPS) is 12.4. The molecule has 2 N–H and O–H groups in total. The molecule has 0 bridgehead atoms. The van der Waals surface area contributed by atoms with Gasteiger partial charge in [-0.1, -0.05) is 6.07 Å². The first kappa shape index (κ1) is 20.0. The number of halogens is 4. The minimum Gasteiger partial charge on any atom is -0.324 e. The minimum absolute atomic E-state index is 0. The summed E-state index contributed by atoms with van der Waals surface area (Å²) < 4.78 is 40.3. The van der Waals surface area contributed by atoms with Crippen LogP contribution < -0.4 is 10.6 Å². The van der Waals surface area contributed by atoms with Gasteiger partial charge in [-0.2, -0.15) is 18.3 Å². The highest BCUT2D eigenvalue weighted by Gasteiger charge is 2.33. The highest BCUT2D eigenvalue weighted by Crippen LogP contribution is 2.34. The summed E-state index contributed by atoms with van der Waals surface area (Å²) in [6.45, 7) is 1.33. The molecular weight excluding hydrogens is 345 g/mol. The zero-order valence-electron chi connectivity index (χ0n) is 13.3. The summed E-state index contributed by atoms with van der Waals surface area (Å²) in [6, 6.07) is 2.99. The van der Waals surface area contributed by atoms with Crippen LogP contribution in [0.2, 0.25) is 0 Å². The third kappa shape index (κ3) is 4.27. The predicted octanol–water partition coefficient (Wildman–Crippen LogP) is 3.07. The molecule has 0 aliphatic rings. The number of hydrogen-bond acceptors (Lipinski definition) is 3. The number of aromatic nitrogens is 2. The number of rotatable bonds is 4. The number of likely N-dealkylation sites (N-methyl/N-ethyl adjacent to an activating group) is 1. The Bertz CT molecular complexity index is 715. The summed E-state index contributed by atoms with van der Waals surface area (Å²) in [6.07, 6.45) is -1.27. The number of amides is 1. The third-order valence-electron chi connectivity index (χ3n) is 3.51. The van der Waals surface area contributed by atoms with Crippen molar-refractivity contribution in [2.45, 2.75) is 19.1 Å². The molecule has 0 fully saturated rings. The molecule has 0 aliphatic carbocycles. The average Bonchev–Trinajstić information content (AvgIpc) is 2.87. The van der Waals surface area contributed by atoms with Crippen LogP contribution in [0.3, 0.4) is 0 Å². The van der Waals surface area contributed by atoms with Gasteiger partial charge in [-0.15, -0.1) is 12.4 Å². The lowest BCUT2D eigenvalue weighted by atomic mass is 10.1. The molecule has 1 aromatic carbocycles. The van der Waals surface area contributed by atoms with E-state index in [-0.39, 0.29) is 23.7 Å². The second-order valence-corrected chi connectivity index (χ2v) is 5.13. The van der Waals surface area contributed by atoms with Gasteiger partial charge in [0.15, 0.2) is 0 Å². The SMILES string of the molecule is CNC(C(=O)Nc1cccc(C(F)(F)F)c1C)c1cnn(C)c1.Cl. The third-order valence-corrected chi connectivity index (χ3v) is 3.51. The smallest absolute Gasteiger partial charge is 0.324 e. The van der Waals surface area contributed by atoms with Crippen LogP contribution in [0.25, 0.3) is 0 Å². The Morgan fingerprint density at radius 2 is 2.00 bits per heavy atom. The van der Waals surface area contributed by atoms with E-state index in [0.29, 0.717) is 5.56 Å². The van der Waals surface area contributed by atoms with Gasteiger partial charge in [-0.05, 0) is 31.7 Å². The van der Waals surface area contributed by atoms with E-state index in [4.69, 9.17) is 0 Å². The van der Waals surface area contributed by atoms with Crippen molar-refractivity contribution in [2.24, 2.45) is 7.05 Å². The second kappa shape index (κ2) is 7.67. The van der Waals surface area contributed by atoms with Crippen molar-refractivity contribution in [2.75, 3.05) is 12.4 Å². The van der Waals surface area contributed by atoms with Gasteiger partial charge in [-0.3, -0.25) is 9.48 Å². The van der Waals surface area contributed by atoms with Crippen molar-refractivity contribution in [3.63, 3.8) is 0 Å². The Morgan fingerprint density at radius 3 is 2.50 bits per heavy atom. The van der Waals surface area contributed by atoms with Gasteiger partial charge in [0, 0.05) is 24.5 Å². The molecule has 2 rings (SSSR count). The predicted molar refractivity (Wildman–Crippen MR) is 87.1 cm³/mol. The first-order chi connectivity index (χ1) is 10.7. The molecule has 9 heteroatoms. The summed E-state index contributed by atoms with van der Waals surface area (Å²) in [4.78, 5) is 12.4. The lowest BCUT2D eigenvalue weighted by Gasteiger charge is -2.18. The Labute approximate surface area is 143 Å². The van der Waals surface area contributed by atoms with Crippen molar-refractivity contribution >= 4 is 24.0 Å². The van der Waals surface area contributed by atoms with Gasteiger partial charge < -0.3 is 10.6 Å². The van der Waals surface area contributed by atoms with E-state index in [0.717, 1.165) is 6.07 Å². The Hall–Kier alpha value is -2.06. The Kier molecular flexibility index (Phi) is 6.39. The lowest BCUT2D eigenvalue weighted by molar-refractivity contribution is -0.138. The van der Waals surface area contributed by atoms with Crippen LogP contribution in [0.15, 0.2) is 30.6 Å². The van der Waals surface area contributed by atoms with Crippen molar-refractivity contribution < 1.29 is 18.0 Å². The minimum atomic E-state index is -4.46. The van der Waals surface area contributed by atoms with E-state index in [9.17, 15) is 18.0 Å². The van der Waals surface area contributed by atoms with Crippen LogP contribution in [-0.2, 0) is 18.0 Å². The molecule has 0 saturated heterocycles. The zero-order valence-corrected chi connectivity index (χ0v) is 14.1. The number of nitrogens with one attached hydrogen (secondary N) is 2. The molecule has 24 heavy (non-hydrogen) atoms. The molecule has 2 aromatic rings. The Morgan fingerprint density at radius 1 is 1.33 bits per heavy atom. The average molecular weight is 363 g/mol. The molecule has 0 saturated carbocycles. The highest BCUT2D eigenvalue weighted by molar-refractivity contribution is 5.96. The molecule has 0 aliphatic heterocycles. The van der Waals surface area contributed by atoms with Crippen molar-refractivity contribution in [3.8, 4) is 0 Å². The maximum absolute atomic E-state index is 12.9. The Balaban J connectivity index is 0.00000288. The molecular formula is C15H18ClF3N4O. The molecule has 1 atom stereocenters. The molecule has 1 unspecified atom stereocenters. The van der Waals surface area contributed by atoms with Gasteiger partial charge in [0.2, 0.25) is 5.91 Å². The molecule has 1 heterocycles. The molecule has 0 spiro atoms. The first-order valence-corrected chi connectivity index (χ1v) is 6.87. The van der Waals surface area contributed by atoms with Gasteiger partial charge >= 0.3 is 6.18 Å². The summed E-state index contributed by atoms with van der Waals surface area (Å²) in [5, 5.41) is 9.36. The number of anilines is 1. The van der Waals surface area contributed by atoms with Crippen LogP contribution in [0.1, 0.15) is 22.7 Å². The van der Waals surface area contributed by atoms with Gasteiger partial charge in [0.05, 0.1) is 11.8 Å². The fraction of sp³-hybridized carbons (Fsp3) is 0.333. The van der Waals surface area contributed by atoms with E-state index in [1.54, 1.807) is 25.0 Å². The second-order valence-electron chi connectivity index (χ2n) is 5.13. The highest BCUT2D eigenvalue weighted by atomic mass is 35.5. The van der Waals surface area contributed by atoms with Gasteiger partial charge in [0.25, 0.3) is 0 Å². The monoisotopic (exact) mass is 362 g/mol. The van der Waals surface area contributed by atoms with Crippen LogP contribution in [0, 0.1) is 6.92 Å². The van der Waals surface area contributed by atoms with Crippen LogP contribution in [-0.4, -0.2) is 22.7 Å². The number of hydrogen-bond donors (Lipinski definition) is 2. The lowest BCUT2D eigenvalue weighted by Crippen LogP contribution is -2.30. The topological polar surface area (TPSA) is 59.0 Å². The number of aryl methyl sites for hydroxylation is 1. The number of carbonyl (C=O) groups excluding carboxylic acids is 1. The van der Waals surface area contributed by atoms with Crippen molar-refractivity contribution in [1.29, 1.82) is 0 Å². The van der Waals surface area contributed by atoms with Crippen molar-refractivity contribution in [1.82, 2.24) is 15.1 Å². The standard InChI is InChI=1S/C15H17F3N4O.ClH/c1-9-11(15(16,17)18)5-4-6-12(9)21-14(23)13(19-2)10-7-20-22(3)8-10;/h4-8,13,19H,1-3H3,(H,21,23);1H. The van der Waals surface area contributed by atoms with E-state index in [1.165, 1.54) is 25.3 Å². The van der Waals surface area contributed by atoms with Gasteiger partial charge in [-0.25, -0.2) is 0 Å². The molecule has 1 amide bonds. The summed E-state index contributed by atoms with van der Waals surface area (Å²) in [5.41, 5.74) is -0.0295. The van der Waals surface area contributed by atoms with Crippen molar-refractivity contribution in [3.05, 3.63) is 47.3 Å². The molecule has 132 valence electrons. The van der Waals surface area contributed by atoms with E-state index < -0.39 is 23.7 Å². The largest absolute Gasteiger partial charge is 0.416 e. The summed E-state index contributed by atoms with van der Waals surface area (Å²) in [7, 11) is 3.31. The number of alkyl halides is 3. The zero-order chi connectivity index (χ0) is 17.2. The van der Waals surface area contributed by atoms with E-state index in [1.807, 2.05) is 0 Å². The van der Waals surface area contributed by atoms with Crippen LogP contribution in [0.5, 0.6) is 0 Å². The van der Waals surface area contributed by atoms with E-state index >= 15 is 0 Å². The quantitative estimate of drug-likeness (QED) is 0.878. The van der Waals surface area contributed by atoms with E-state index in [2.05, 4.69) is 15.7 Å². The fourth-order valence-electron chi connectivity index (χ4n) is 2.32. The van der Waals surface area contributed by atoms with Crippen LogP contribution >= 0.6 is 12.4 Å². The van der Waals surface area contributed by atoms with Gasteiger partial charge in [0.1, 0.15) is 6.04 Å². The fourth-order valence-corrected chi connectivity index (χ4v) is 2.32. The molecule has 0 radical (unpaired) electrons. The maximum Gasteiger partial charge on any atom is 0.416 e. The number of benzene rings is 1. The van der Waals surface area contributed by atoms with Crippen LogP contribution in [0.4, 0.5) is 18.9 Å². The molecule has 1 aromatic heterocycles. The molecule has 5 nitrogen and oxygen atoms in total. The summed E-state index contributed by atoms with van der Waals surface area (Å²) >= 11 is 0. The maximum atomic E-state index is 12.9.